The molecule has 0 saturated carbocycles. The van der Waals surface area contributed by atoms with Gasteiger partial charge in [0, 0.05) is 11.5 Å². The normalized spacial score (nSPS) is 13.7. The van der Waals surface area contributed by atoms with Crippen LogP contribution >= 0.6 is 0 Å². The summed E-state index contributed by atoms with van der Waals surface area (Å²) in [5, 5.41) is 9.92. The highest BCUT2D eigenvalue weighted by Gasteiger charge is 2.43. The molecule has 218 valence electrons. The van der Waals surface area contributed by atoms with Gasteiger partial charge in [0.25, 0.3) is 0 Å². The van der Waals surface area contributed by atoms with E-state index in [1.54, 1.807) is 0 Å². The smallest absolute Gasteiger partial charge is 0.206 e. The Balaban J connectivity index is 1.36. The third kappa shape index (κ3) is 4.00. The summed E-state index contributed by atoms with van der Waals surface area (Å²) in [6.07, 6.45) is 0. The van der Waals surface area contributed by atoms with Crippen LogP contribution in [-0.4, -0.2) is 0 Å². The van der Waals surface area contributed by atoms with Crippen molar-refractivity contribution in [2.75, 3.05) is 0 Å². The molecule has 0 amide bonds. The van der Waals surface area contributed by atoms with E-state index in [1.807, 2.05) is 0 Å². The van der Waals surface area contributed by atoms with E-state index in [0.29, 0.717) is 0 Å². The molecule has 0 radical (unpaired) electrons. The summed E-state index contributed by atoms with van der Waals surface area (Å²) < 4.78 is 7.17. The highest BCUT2D eigenvalue weighted by atomic mass is 16.3. The summed E-state index contributed by atoms with van der Waals surface area (Å²) in [5.41, 5.74) is 8.52. The predicted molar refractivity (Wildman–Crippen MR) is 197 cm³/mol. The number of rotatable bonds is 3. The molecule has 1 heterocycles. The van der Waals surface area contributed by atoms with Crippen LogP contribution in [0.3, 0.4) is 0 Å². The second-order valence-corrected chi connectivity index (χ2v) is 12.6. The lowest BCUT2D eigenvalue weighted by Gasteiger charge is -2.20. The Kier molecular flexibility index (Phi) is 5.70. The van der Waals surface area contributed by atoms with E-state index in [9.17, 15) is 0 Å². The highest BCUT2D eigenvalue weighted by Crippen LogP contribution is 2.56. The van der Waals surface area contributed by atoms with Crippen LogP contribution in [0.2, 0.25) is 0 Å². The maximum Gasteiger partial charge on any atom is 0.365 e. The average molecular weight is 598 g/mol. The van der Waals surface area contributed by atoms with Gasteiger partial charge in [0.1, 0.15) is 0 Å². The molecule has 1 atom stereocenters. The van der Waals surface area contributed by atoms with E-state index in [1.165, 1.54) is 76.5 Å². The first-order valence-electron chi connectivity index (χ1n) is 16.3. The van der Waals surface area contributed by atoms with Gasteiger partial charge in [-0.05, 0) is 78.0 Å². The number of hydrogen-bond donors (Lipinski definition) is 0. The number of fused-ring (bicyclic) bond motifs is 8. The van der Waals surface area contributed by atoms with Gasteiger partial charge in [0.15, 0.2) is 0 Å². The van der Waals surface area contributed by atoms with Crippen LogP contribution < -0.4 is 0 Å². The van der Waals surface area contributed by atoms with Gasteiger partial charge in [-0.1, -0.05) is 146 Å². The molecule has 0 spiro atoms. The van der Waals surface area contributed by atoms with Crippen molar-refractivity contribution in [1.29, 1.82) is 0 Å². The van der Waals surface area contributed by atoms with Crippen LogP contribution in [0.25, 0.3) is 76.9 Å². The fourth-order valence-electron chi connectivity index (χ4n) is 7.94. The van der Waals surface area contributed by atoms with Gasteiger partial charge in [0.05, 0.1) is 22.8 Å². The van der Waals surface area contributed by atoms with Gasteiger partial charge in [-0.2, -0.15) is 0 Å². The van der Waals surface area contributed by atoms with Gasteiger partial charge in [-0.15, -0.1) is 0 Å². The Morgan fingerprint density at radius 1 is 0.362 bits per heavy atom. The lowest BCUT2D eigenvalue weighted by atomic mass is 9.81. The average Bonchev–Trinajstić information content (AvgIpc) is 3.48. The maximum atomic E-state index is 7.17. The molecular weight excluding hydrogens is 569 g/mol. The minimum absolute atomic E-state index is 0.0134. The Bertz CT molecular complexity index is 2690. The summed E-state index contributed by atoms with van der Waals surface area (Å²) in [4.78, 5) is 0. The van der Waals surface area contributed by atoms with E-state index < -0.39 is 0 Å². The zero-order chi connectivity index (χ0) is 30.9. The van der Waals surface area contributed by atoms with Crippen LogP contribution in [0.15, 0.2) is 174 Å². The van der Waals surface area contributed by atoms with Gasteiger partial charge >= 0.3 is 11.5 Å². The first kappa shape index (κ1) is 26.2. The molecule has 47 heavy (non-hydrogen) atoms. The van der Waals surface area contributed by atoms with Crippen molar-refractivity contribution in [2.24, 2.45) is 0 Å². The van der Waals surface area contributed by atoms with E-state index in [4.69, 9.17) is 4.42 Å². The summed E-state index contributed by atoms with van der Waals surface area (Å²) in [6, 6.07) is 61.7. The Hall–Kier alpha value is -6.05. The fourth-order valence-corrected chi connectivity index (χ4v) is 7.94. The Morgan fingerprint density at radius 2 is 0.957 bits per heavy atom. The van der Waals surface area contributed by atoms with Crippen LogP contribution in [0.5, 0.6) is 0 Å². The maximum absolute atomic E-state index is 7.17. The van der Waals surface area contributed by atoms with Crippen LogP contribution in [0.1, 0.15) is 22.6 Å². The zero-order valence-electron chi connectivity index (χ0n) is 25.7. The molecule has 1 unspecified atom stereocenters. The Morgan fingerprint density at radius 3 is 1.77 bits per heavy atom. The summed E-state index contributed by atoms with van der Waals surface area (Å²) in [6.45, 7) is 0. The molecule has 0 N–H and O–H groups in total. The largest absolute Gasteiger partial charge is 0.365 e. The summed E-state index contributed by atoms with van der Waals surface area (Å²) in [5.74, 6) is 1.81. The van der Waals surface area contributed by atoms with Gasteiger partial charge in [0.2, 0.25) is 0 Å². The molecule has 0 aliphatic heterocycles. The van der Waals surface area contributed by atoms with E-state index >= 15 is 0 Å². The molecule has 8 aromatic carbocycles. The molecule has 0 fully saturated rings. The van der Waals surface area contributed by atoms with Crippen molar-refractivity contribution in [3.8, 4) is 33.8 Å². The molecule has 1 aliphatic rings. The van der Waals surface area contributed by atoms with Crippen molar-refractivity contribution in [2.45, 2.75) is 5.92 Å². The fraction of sp³-hybridized carbons (Fsp3) is 0.0217. The van der Waals surface area contributed by atoms with E-state index in [0.717, 1.165) is 17.1 Å². The first-order valence-corrected chi connectivity index (χ1v) is 16.3. The SMILES string of the molecule is c1ccc2cc(-c3cc(-c4cccc5ccccc45)c4c([o+]3)-c3ccc5ccccc5c3C4c3cccc4ccccc34)ccc2c1. The van der Waals surface area contributed by atoms with Crippen LogP contribution in [0, 0.1) is 0 Å². The first-order chi connectivity index (χ1) is 23.3. The van der Waals surface area contributed by atoms with Crippen LogP contribution in [0.4, 0.5) is 0 Å². The standard InChI is InChI=1S/C46H29O/c1-2-15-33-27-34(24-23-29(33)11-1)42-28-41(38-21-9-16-30-12-3-6-18-35(30)38)45-44(39-22-10-17-31-13-4-7-19-36(31)39)43-37-20-8-5-14-32(37)25-26-40(43)46(45)47-42/h1-28,44H/q+1. The second-order valence-electron chi connectivity index (χ2n) is 12.6. The monoisotopic (exact) mass is 597 g/mol. The predicted octanol–water partition coefficient (Wildman–Crippen LogP) is 12.7. The molecule has 9 aromatic rings. The number of benzene rings is 8. The molecule has 0 bridgehead atoms. The van der Waals surface area contributed by atoms with Crippen molar-refractivity contribution in [3.05, 3.63) is 187 Å². The zero-order valence-corrected chi connectivity index (χ0v) is 25.7. The van der Waals surface area contributed by atoms with Gasteiger partial charge in [-0.3, -0.25) is 0 Å². The number of hydrogen-bond acceptors (Lipinski definition) is 0. The third-order valence-corrected chi connectivity index (χ3v) is 10.1. The molecular formula is C46H29O+. The highest BCUT2D eigenvalue weighted by molar-refractivity contribution is 6.04. The molecule has 0 saturated heterocycles. The molecule has 1 heteroatoms. The molecule has 10 rings (SSSR count). The van der Waals surface area contributed by atoms with E-state index in [2.05, 4.69) is 170 Å². The summed E-state index contributed by atoms with van der Waals surface area (Å²) >= 11 is 0. The minimum Gasteiger partial charge on any atom is -0.206 e. The van der Waals surface area contributed by atoms with Crippen molar-refractivity contribution in [1.82, 2.24) is 0 Å². The van der Waals surface area contributed by atoms with Crippen molar-refractivity contribution < 1.29 is 4.42 Å². The van der Waals surface area contributed by atoms with Crippen LogP contribution in [-0.2, 0) is 0 Å². The quantitative estimate of drug-likeness (QED) is 0.184. The lowest BCUT2D eigenvalue weighted by Crippen LogP contribution is -2.03. The topological polar surface area (TPSA) is 11.3 Å². The minimum atomic E-state index is -0.0134. The molecule has 1 aromatic heterocycles. The van der Waals surface area contributed by atoms with Gasteiger partial charge < -0.3 is 0 Å². The van der Waals surface area contributed by atoms with Crippen molar-refractivity contribution >= 4 is 43.1 Å². The molecule has 1 nitrogen and oxygen atoms in total. The molecule has 1 aliphatic carbocycles. The summed E-state index contributed by atoms with van der Waals surface area (Å²) in [7, 11) is 0. The van der Waals surface area contributed by atoms with Gasteiger partial charge in [-0.25, -0.2) is 4.42 Å². The van der Waals surface area contributed by atoms with E-state index in [-0.39, 0.29) is 5.92 Å². The second kappa shape index (κ2) is 10.2. The third-order valence-electron chi connectivity index (χ3n) is 10.1. The lowest BCUT2D eigenvalue weighted by molar-refractivity contribution is 0.579. The Labute approximate surface area is 273 Å². The van der Waals surface area contributed by atoms with Crippen molar-refractivity contribution in [3.63, 3.8) is 0 Å².